The van der Waals surface area contributed by atoms with Crippen LogP contribution in [0.5, 0.6) is 0 Å². The van der Waals surface area contributed by atoms with Gasteiger partial charge in [-0.2, -0.15) is 5.10 Å². The van der Waals surface area contributed by atoms with Gasteiger partial charge in [0.15, 0.2) is 5.69 Å². The molecule has 1 atom stereocenters. The van der Waals surface area contributed by atoms with Gasteiger partial charge in [-0.3, -0.25) is 19.1 Å². The van der Waals surface area contributed by atoms with Crippen LogP contribution in [0.1, 0.15) is 52.7 Å². The van der Waals surface area contributed by atoms with Crippen LogP contribution in [0.4, 0.5) is 0 Å². The van der Waals surface area contributed by atoms with Gasteiger partial charge in [-0.1, -0.05) is 36.8 Å². The highest BCUT2D eigenvalue weighted by Gasteiger charge is 2.46. The third kappa shape index (κ3) is 4.93. The highest BCUT2D eigenvalue weighted by molar-refractivity contribution is 6.01. The minimum Gasteiger partial charge on any atom is -0.350 e. The summed E-state index contributed by atoms with van der Waals surface area (Å²) in [6.45, 7) is 5.74. The summed E-state index contributed by atoms with van der Waals surface area (Å²) < 4.78 is 1.48. The average Bonchev–Trinajstić information content (AvgIpc) is 3.26. The van der Waals surface area contributed by atoms with E-state index in [1.807, 2.05) is 30.3 Å². The number of nitrogens with zero attached hydrogens (tertiary/aromatic N) is 4. The lowest BCUT2D eigenvalue weighted by atomic mass is 9.96. The van der Waals surface area contributed by atoms with Crippen molar-refractivity contribution >= 4 is 17.7 Å². The number of amides is 3. The van der Waals surface area contributed by atoms with Crippen LogP contribution in [0, 0.1) is 0 Å². The van der Waals surface area contributed by atoms with Crippen LogP contribution in [0.25, 0.3) is 0 Å². The Kier molecular flexibility index (Phi) is 6.78. The molecule has 33 heavy (non-hydrogen) atoms. The van der Waals surface area contributed by atoms with Gasteiger partial charge in [-0.25, -0.2) is 0 Å². The van der Waals surface area contributed by atoms with Crippen molar-refractivity contribution in [3.05, 3.63) is 53.3 Å². The molecule has 2 aliphatic heterocycles. The van der Waals surface area contributed by atoms with E-state index in [0.717, 1.165) is 25.2 Å². The van der Waals surface area contributed by atoms with Crippen LogP contribution >= 0.6 is 0 Å². The molecule has 2 aromatic rings. The largest absolute Gasteiger partial charge is 0.350 e. The lowest BCUT2D eigenvalue weighted by Gasteiger charge is -2.40. The van der Waals surface area contributed by atoms with Gasteiger partial charge in [-0.05, 0) is 38.4 Å². The highest BCUT2D eigenvalue weighted by atomic mass is 16.2. The lowest BCUT2D eigenvalue weighted by molar-refractivity contribution is -0.132. The quantitative estimate of drug-likeness (QED) is 0.659. The minimum absolute atomic E-state index is 0.173. The van der Waals surface area contributed by atoms with Crippen LogP contribution in [-0.2, 0) is 17.9 Å². The number of fused-ring (bicyclic) bond motifs is 1. The van der Waals surface area contributed by atoms with E-state index in [1.54, 1.807) is 14.0 Å². The molecule has 1 fully saturated rings. The number of piperidine rings is 1. The molecule has 3 amide bonds. The summed E-state index contributed by atoms with van der Waals surface area (Å²) in [5.74, 6) is -0.908. The maximum atomic E-state index is 13.1. The normalized spacial score (nSPS) is 20.9. The molecule has 9 heteroatoms. The van der Waals surface area contributed by atoms with Crippen molar-refractivity contribution < 1.29 is 14.4 Å². The number of hydrogen-bond acceptors (Lipinski definition) is 5. The first-order valence-electron chi connectivity index (χ1n) is 11.6. The van der Waals surface area contributed by atoms with Gasteiger partial charge in [0.2, 0.25) is 5.91 Å². The second kappa shape index (κ2) is 9.74. The molecule has 9 nitrogen and oxygen atoms in total. The second-order valence-corrected chi connectivity index (χ2v) is 9.04. The second-order valence-electron chi connectivity index (χ2n) is 9.04. The Morgan fingerprint density at radius 1 is 1.09 bits per heavy atom. The SMILES string of the molecule is CN1C(=O)c2cc(C(=O)NCCN3CCCCC3)nn2C[C@@]1(C)C(=O)NCc1ccccc1. The molecule has 1 saturated heterocycles. The number of aromatic nitrogens is 2. The van der Waals surface area contributed by atoms with Crippen molar-refractivity contribution in [1.29, 1.82) is 0 Å². The van der Waals surface area contributed by atoms with Gasteiger partial charge in [0.25, 0.3) is 11.8 Å². The fourth-order valence-corrected chi connectivity index (χ4v) is 4.41. The van der Waals surface area contributed by atoms with Gasteiger partial charge < -0.3 is 20.4 Å². The van der Waals surface area contributed by atoms with Crippen molar-refractivity contribution in [2.45, 2.75) is 44.8 Å². The van der Waals surface area contributed by atoms with Gasteiger partial charge in [0.1, 0.15) is 11.2 Å². The number of rotatable bonds is 7. The topological polar surface area (TPSA) is 99.6 Å². The standard InChI is InChI=1S/C24H32N6O3/c1-24(23(33)26-16-18-9-5-3-6-10-18)17-30-20(22(32)28(24)2)15-19(27-30)21(31)25-11-14-29-12-7-4-8-13-29/h3,5-6,9-10,15H,4,7-8,11-14,16-17H2,1-2H3,(H,25,31)(H,26,33)/t24-/m0/s1. The summed E-state index contributed by atoms with van der Waals surface area (Å²) in [5, 5.41) is 10.2. The summed E-state index contributed by atoms with van der Waals surface area (Å²) in [4.78, 5) is 42.5. The summed E-state index contributed by atoms with van der Waals surface area (Å²) in [6.07, 6.45) is 3.68. The zero-order valence-electron chi connectivity index (χ0n) is 19.3. The fourth-order valence-electron chi connectivity index (χ4n) is 4.41. The predicted octanol–water partition coefficient (Wildman–Crippen LogP) is 1.26. The van der Waals surface area contributed by atoms with Crippen LogP contribution in [0.3, 0.4) is 0 Å². The third-order valence-electron chi connectivity index (χ3n) is 6.68. The zero-order valence-corrected chi connectivity index (χ0v) is 19.3. The first-order valence-corrected chi connectivity index (χ1v) is 11.6. The van der Waals surface area contributed by atoms with Crippen LogP contribution in [0.2, 0.25) is 0 Å². The van der Waals surface area contributed by atoms with E-state index in [-0.39, 0.29) is 30.0 Å². The summed E-state index contributed by atoms with van der Waals surface area (Å²) in [7, 11) is 1.61. The summed E-state index contributed by atoms with van der Waals surface area (Å²) in [6, 6.07) is 11.1. The van der Waals surface area contributed by atoms with Crippen molar-refractivity contribution in [2.75, 3.05) is 33.2 Å². The molecule has 4 rings (SSSR count). The fraction of sp³-hybridized carbons (Fsp3) is 0.500. The van der Waals surface area contributed by atoms with Gasteiger partial charge in [-0.15, -0.1) is 0 Å². The molecule has 0 saturated carbocycles. The number of likely N-dealkylation sites (tertiary alicyclic amines) is 1. The zero-order chi connectivity index (χ0) is 23.4. The number of hydrogen-bond donors (Lipinski definition) is 2. The van der Waals surface area contributed by atoms with Crippen molar-refractivity contribution in [2.24, 2.45) is 0 Å². The van der Waals surface area contributed by atoms with E-state index in [2.05, 4.69) is 20.6 Å². The average molecular weight is 453 g/mol. The molecule has 0 bridgehead atoms. The smallest absolute Gasteiger partial charge is 0.272 e. The molecule has 2 N–H and O–H groups in total. The Hall–Kier alpha value is -3.20. The van der Waals surface area contributed by atoms with Crippen LogP contribution < -0.4 is 10.6 Å². The first-order chi connectivity index (χ1) is 15.9. The maximum absolute atomic E-state index is 13.1. The Bertz CT molecular complexity index is 1010. The minimum atomic E-state index is -1.12. The molecule has 176 valence electrons. The molecule has 1 aromatic heterocycles. The van der Waals surface area contributed by atoms with Crippen LogP contribution in [-0.4, -0.2) is 76.1 Å². The molecular weight excluding hydrogens is 420 g/mol. The van der Waals surface area contributed by atoms with Gasteiger partial charge in [0.05, 0.1) is 6.54 Å². The molecular formula is C24H32N6O3. The van der Waals surface area contributed by atoms with E-state index in [0.29, 0.717) is 18.8 Å². The predicted molar refractivity (Wildman–Crippen MR) is 124 cm³/mol. The number of carbonyl (C=O) groups excluding carboxylic acids is 3. The van der Waals surface area contributed by atoms with E-state index < -0.39 is 5.54 Å². The first kappa shape index (κ1) is 23.0. The Balaban J connectivity index is 1.40. The van der Waals surface area contributed by atoms with Crippen LogP contribution in [0.15, 0.2) is 36.4 Å². The summed E-state index contributed by atoms with van der Waals surface area (Å²) >= 11 is 0. The molecule has 0 radical (unpaired) electrons. The summed E-state index contributed by atoms with van der Waals surface area (Å²) in [5.41, 5.74) is 0.362. The molecule has 1 aromatic carbocycles. The van der Waals surface area contributed by atoms with Gasteiger partial charge in [0, 0.05) is 32.7 Å². The van der Waals surface area contributed by atoms with Crippen molar-refractivity contribution in [3.8, 4) is 0 Å². The molecule has 0 spiro atoms. The molecule has 0 unspecified atom stereocenters. The van der Waals surface area contributed by atoms with Gasteiger partial charge >= 0.3 is 0 Å². The highest BCUT2D eigenvalue weighted by Crippen LogP contribution is 2.26. The van der Waals surface area contributed by atoms with E-state index in [9.17, 15) is 14.4 Å². The molecule has 0 aliphatic carbocycles. The number of likely N-dealkylation sites (N-methyl/N-ethyl adjacent to an activating group) is 1. The maximum Gasteiger partial charge on any atom is 0.272 e. The molecule has 3 heterocycles. The Labute approximate surface area is 194 Å². The number of benzene rings is 1. The van der Waals surface area contributed by atoms with Crippen molar-refractivity contribution in [1.82, 2.24) is 30.2 Å². The number of nitrogens with one attached hydrogen (secondary N) is 2. The van der Waals surface area contributed by atoms with Crippen molar-refractivity contribution in [3.63, 3.8) is 0 Å². The molecule has 2 aliphatic rings. The third-order valence-corrected chi connectivity index (χ3v) is 6.68. The monoisotopic (exact) mass is 452 g/mol. The Morgan fingerprint density at radius 2 is 1.82 bits per heavy atom. The number of carbonyl (C=O) groups is 3. The van der Waals surface area contributed by atoms with E-state index >= 15 is 0 Å². The van der Waals surface area contributed by atoms with E-state index in [1.165, 1.54) is 34.9 Å². The lowest BCUT2D eigenvalue weighted by Crippen LogP contribution is -2.62. The van der Waals surface area contributed by atoms with E-state index in [4.69, 9.17) is 0 Å². The Morgan fingerprint density at radius 3 is 2.55 bits per heavy atom.